The van der Waals surface area contributed by atoms with E-state index >= 15 is 0 Å². The van der Waals surface area contributed by atoms with Crippen LogP contribution >= 0.6 is 38.6 Å². The third kappa shape index (κ3) is 2.41. The monoisotopic (exact) mass is 368 g/mol. The number of nitrogen functional groups attached to an aromatic ring is 1. The molecule has 0 bridgehead atoms. The van der Waals surface area contributed by atoms with Gasteiger partial charge in [0, 0.05) is 21.7 Å². The van der Waals surface area contributed by atoms with Crippen molar-refractivity contribution in [1.29, 1.82) is 0 Å². The SMILES string of the molecule is Nc1c(C(=O)NCc2sccc2Br)sc2nccnc12. The number of amides is 1. The van der Waals surface area contributed by atoms with Crippen molar-refractivity contribution in [2.45, 2.75) is 6.54 Å². The molecule has 0 fully saturated rings. The summed E-state index contributed by atoms with van der Waals surface area (Å²) in [4.78, 5) is 22.7. The molecular weight excluding hydrogens is 360 g/mol. The number of carbonyl (C=O) groups excluding carboxylic acids is 1. The molecule has 20 heavy (non-hydrogen) atoms. The van der Waals surface area contributed by atoms with Gasteiger partial charge in [-0.2, -0.15) is 0 Å². The van der Waals surface area contributed by atoms with Crippen molar-refractivity contribution < 1.29 is 4.79 Å². The Morgan fingerprint density at radius 1 is 1.40 bits per heavy atom. The van der Waals surface area contributed by atoms with Crippen molar-refractivity contribution in [1.82, 2.24) is 15.3 Å². The second-order valence-corrected chi connectivity index (χ2v) is 6.78. The molecule has 0 aliphatic rings. The van der Waals surface area contributed by atoms with Gasteiger partial charge in [-0.25, -0.2) is 9.97 Å². The maximum absolute atomic E-state index is 12.2. The fourth-order valence-electron chi connectivity index (χ4n) is 1.70. The molecule has 0 aliphatic heterocycles. The zero-order valence-electron chi connectivity index (χ0n) is 10.1. The Morgan fingerprint density at radius 3 is 2.90 bits per heavy atom. The molecule has 5 nitrogen and oxygen atoms in total. The highest BCUT2D eigenvalue weighted by Gasteiger charge is 2.17. The molecule has 1 amide bonds. The maximum atomic E-state index is 12.2. The van der Waals surface area contributed by atoms with E-state index in [4.69, 9.17) is 5.73 Å². The lowest BCUT2D eigenvalue weighted by Crippen LogP contribution is -2.22. The van der Waals surface area contributed by atoms with E-state index in [1.165, 1.54) is 11.3 Å². The van der Waals surface area contributed by atoms with Gasteiger partial charge in [0.2, 0.25) is 0 Å². The van der Waals surface area contributed by atoms with Crippen molar-refractivity contribution in [2.24, 2.45) is 0 Å². The molecule has 0 saturated carbocycles. The molecule has 3 aromatic heterocycles. The van der Waals surface area contributed by atoms with Gasteiger partial charge in [0.1, 0.15) is 15.2 Å². The predicted octanol–water partition coefficient (Wildman–Crippen LogP) is 3.03. The number of aromatic nitrogens is 2. The zero-order chi connectivity index (χ0) is 14.1. The first-order valence-corrected chi connectivity index (χ1v) is 8.15. The van der Waals surface area contributed by atoms with Crippen molar-refractivity contribution in [3.63, 3.8) is 0 Å². The summed E-state index contributed by atoms with van der Waals surface area (Å²) in [5.41, 5.74) is 6.93. The van der Waals surface area contributed by atoms with E-state index in [9.17, 15) is 4.79 Å². The number of rotatable bonds is 3. The Bertz CT molecular complexity index is 783. The van der Waals surface area contributed by atoms with Gasteiger partial charge >= 0.3 is 0 Å². The van der Waals surface area contributed by atoms with Gasteiger partial charge in [-0.15, -0.1) is 22.7 Å². The van der Waals surface area contributed by atoms with Gasteiger partial charge in [-0.3, -0.25) is 4.79 Å². The molecule has 3 rings (SSSR count). The molecule has 0 spiro atoms. The predicted molar refractivity (Wildman–Crippen MR) is 85.0 cm³/mol. The summed E-state index contributed by atoms with van der Waals surface area (Å²) >= 11 is 6.27. The van der Waals surface area contributed by atoms with Gasteiger partial charge in [-0.05, 0) is 27.4 Å². The van der Waals surface area contributed by atoms with Crippen LogP contribution in [0.3, 0.4) is 0 Å². The lowest BCUT2D eigenvalue weighted by atomic mass is 10.3. The molecular formula is C12H9BrN4OS2. The summed E-state index contributed by atoms with van der Waals surface area (Å²) in [6, 6.07) is 1.95. The largest absolute Gasteiger partial charge is 0.396 e. The van der Waals surface area contributed by atoms with Crippen LogP contribution in [0.4, 0.5) is 5.69 Å². The topological polar surface area (TPSA) is 80.9 Å². The summed E-state index contributed by atoms with van der Waals surface area (Å²) in [6.45, 7) is 0.464. The Labute approximate surface area is 131 Å². The maximum Gasteiger partial charge on any atom is 0.263 e. The van der Waals surface area contributed by atoms with E-state index in [1.54, 1.807) is 23.7 Å². The molecule has 0 atom stereocenters. The first-order valence-electron chi connectivity index (χ1n) is 5.66. The molecule has 3 N–H and O–H groups in total. The zero-order valence-corrected chi connectivity index (χ0v) is 13.3. The second kappa shape index (κ2) is 5.47. The summed E-state index contributed by atoms with van der Waals surface area (Å²) in [5, 5.41) is 4.83. The third-order valence-corrected chi connectivity index (χ3v) is 5.70. The van der Waals surface area contributed by atoms with E-state index < -0.39 is 0 Å². The summed E-state index contributed by atoms with van der Waals surface area (Å²) < 4.78 is 0.996. The number of nitrogens with two attached hydrogens (primary N) is 1. The first kappa shape index (κ1) is 13.5. The average Bonchev–Trinajstić information content (AvgIpc) is 3.01. The molecule has 0 aromatic carbocycles. The Hall–Kier alpha value is -1.51. The van der Waals surface area contributed by atoms with Gasteiger partial charge in [-0.1, -0.05) is 0 Å². The number of thiophene rings is 2. The van der Waals surface area contributed by atoms with Crippen LogP contribution in [0.2, 0.25) is 0 Å². The molecule has 0 unspecified atom stereocenters. The Morgan fingerprint density at radius 2 is 2.20 bits per heavy atom. The molecule has 3 heterocycles. The quantitative estimate of drug-likeness (QED) is 0.744. The third-order valence-electron chi connectivity index (χ3n) is 2.67. The average molecular weight is 369 g/mol. The van der Waals surface area contributed by atoms with Gasteiger partial charge < -0.3 is 11.1 Å². The molecule has 8 heteroatoms. The molecule has 0 aliphatic carbocycles. The van der Waals surface area contributed by atoms with Gasteiger partial charge in [0.25, 0.3) is 5.91 Å². The van der Waals surface area contributed by atoms with E-state index in [0.717, 1.165) is 9.35 Å². The smallest absolute Gasteiger partial charge is 0.263 e. The van der Waals surface area contributed by atoms with Crippen molar-refractivity contribution in [3.05, 3.63) is 38.1 Å². The minimum atomic E-state index is -0.201. The fraction of sp³-hybridized carbons (Fsp3) is 0.0833. The highest BCUT2D eigenvalue weighted by molar-refractivity contribution is 9.10. The van der Waals surface area contributed by atoms with Crippen molar-refractivity contribution >= 4 is 60.5 Å². The van der Waals surface area contributed by atoms with E-state index in [0.29, 0.717) is 27.5 Å². The Balaban J connectivity index is 1.82. The number of halogens is 1. The van der Waals surface area contributed by atoms with Crippen LogP contribution in [0.5, 0.6) is 0 Å². The van der Waals surface area contributed by atoms with Crippen molar-refractivity contribution in [3.8, 4) is 0 Å². The lowest BCUT2D eigenvalue weighted by Gasteiger charge is -2.03. The van der Waals surface area contributed by atoms with Crippen LogP contribution in [-0.4, -0.2) is 15.9 Å². The molecule has 0 saturated heterocycles. The number of fused-ring (bicyclic) bond motifs is 1. The highest BCUT2D eigenvalue weighted by Crippen LogP contribution is 2.30. The fourth-order valence-corrected chi connectivity index (χ4v) is 4.07. The van der Waals surface area contributed by atoms with Crippen molar-refractivity contribution in [2.75, 3.05) is 5.73 Å². The number of anilines is 1. The second-order valence-electron chi connectivity index (χ2n) is 3.93. The van der Waals surface area contributed by atoms with E-state index in [2.05, 4.69) is 31.2 Å². The summed E-state index contributed by atoms with van der Waals surface area (Å²) in [7, 11) is 0. The normalized spacial score (nSPS) is 10.8. The number of hydrogen-bond acceptors (Lipinski definition) is 6. The number of carbonyl (C=O) groups is 1. The van der Waals surface area contributed by atoms with Gasteiger partial charge in [0.15, 0.2) is 0 Å². The number of nitrogens with one attached hydrogen (secondary N) is 1. The number of hydrogen-bond donors (Lipinski definition) is 2. The minimum absolute atomic E-state index is 0.201. The molecule has 0 radical (unpaired) electrons. The standard InChI is InChI=1S/C12H9BrN4OS2/c13-6-1-4-19-7(6)5-17-11(18)10-8(14)9-12(20-10)16-3-2-15-9/h1-4H,5,14H2,(H,17,18). The van der Waals surface area contributed by atoms with Crippen LogP contribution < -0.4 is 11.1 Å². The molecule has 3 aromatic rings. The Kier molecular flexibility index (Phi) is 3.68. The van der Waals surface area contributed by atoms with Crippen LogP contribution in [0.25, 0.3) is 10.3 Å². The first-order chi connectivity index (χ1) is 9.66. The highest BCUT2D eigenvalue weighted by atomic mass is 79.9. The van der Waals surface area contributed by atoms with Crippen LogP contribution in [-0.2, 0) is 6.54 Å². The summed E-state index contributed by atoms with van der Waals surface area (Å²) in [5.74, 6) is -0.201. The van der Waals surface area contributed by atoms with Crippen LogP contribution in [0, 0.1) is 0 Å². The number of nitrogens with zero attached hydrogens (tertiary/aromatic N) is 2. The van der Waals surface area contributed by atoms with Crippen LogP contribution in [0.1, 0.15) is 14.5 Å². The molecule has 102 valence electrons. The van der Waals surface area contributed by atoms with Crippen LogP contribution in [0.15, 0.2) is 28.3 Å². The minimum Gasteiger partial charge on any atom is -0.396 e. The van der Waals surface area contributed by atoms with E-state index in [-0.39, 0.29) is 5.91 Å². The van der Waals surface area contributed by atoms with E-state index in [1.807, 2.05) is 11.4 Å². The lowest BCUT2D eigenvalue weighted by molar-refractivity contribution is 0.0956. The summed E-state index contributed by atoms with van der Waals surface area (Å²) in [6.07, 6.45) is 3.15. The van der Waals surface area contributed by atoms with Gasteiger partial charge in [0.05, 0.1) is 12.2 Å².